The van der Waals surface area contributed by atoms with E-state index in [1.165, 1.54) is 6.92 Å². The molecule has 3 rings (SSSR count). The second-order valence-electron chi connectivity index (χ2n) is 6.80. The van der Waals surface area contributed by atoms with Crippen LogP contribution in [0.3, 0.4) is 0 Å². The first-order valence-electron chi connectivity index (χ1n) is 9.49. The standard InChI is InChI=1S/C23H24N2O4/c1-5-6-22(27)19-13-24-21-10-7-16(28-4)12-18(21)23(19)25-20-9-8-17(11-14(20)2)29-15(3)26/h7-13H,5-6H2,1-4H3,(H,24,25). The molecule has 29 heavy (non-hydrogen) atoms. The molecule has 0 aliphatic heterocycles. The number of hydrogen-bond acceptors (Lipinski definition) is 6. The summed E-state index contributed by atoms with van der Waals surface area (Å²) in [6.07, 6.45) is 2.82. The van der Waals surface area contributed by atoms with E-state index < -0.39 is 0 Å². The van der Waals surface area contributed by atoms with Gasteiger partial charge < -0.3 is 14.8 Å². The van der Waals surface area contributed by atoms with Gasteiger partial charge in [-0.2, -0.15) is 0 Å². The summed E-state index contributed by atoms with van der Waals surface area (Å²) >= 11 is 0. The highest BCUT2D eigenvalue weighted by Gasteiger charge is 2.17. The number of fused-ring (bicyclic) bond motifs is 1. The third-order valence-corrected chi connectivity index (χ3v) is 4.57. The van der Waals surface area contributed by atoms with Crippen molar-refractivity contribution in [3.8, 4) is 11.5 Å². The van der Waals surface area contributed by atoms with Crippen LogP contribution in [0, 0.1) is 6.92 Å². The third kappa shape index (κ3) is 4.54. The molecule has 0 saturated carbocycles. The lowest BCUT2D eigenvalue weighted by atomic mass is 10.0. The number of aryl methyl sites for hydroxylation is 1. The van der Waals surface area contributed by atoms with E-state index in [-0.39, 0.29) is 11.8 Å². The molecular weight excluding hydrogens is 368 g/mol. The summed E-state index contributed by atoms with van der Waals surface area (Å²) in [5, 5.41) is 4.20. The van der Waals surface area contributed by atoms with E-state index in [0.29, 0.717) is 29.2 Å². The quantitative estimate of drug-likeness (QED) is 0.338. The number of nitrogens with one attached hydrogen (secondary N) is 1. The molecule has 2 aromatic carbocycles. The number of Topliss-reactive ketones (excluding diaryl/α,β-unsaturated/α-hetero) is 1. The van der Waals surface area contributed by atoms with Crippen molar-refractivity contribution in [2.75, 3.05) is 12.4 Å². The van der Waals surface area contributed by atoms with Crippen molar-refractivity contribution in [3.05, 3.63) is 53.7 Å². The predicted molar refractivity (Wildman–Crippen MR) is 113 cm³/mol. The number of nitrogens with zero attached hydrogens (tertiary/aromatic N) is 1. The van der Waals surface area contributed by atoms with Gasteiger partial charge in [-0.3, -0.25) is 14.6 Å². The second-order valence-corrected chi connectivity index (χ2v) is 6.80. The molecule has 0 spiro atoms. The van der Waals surface area contributed by atoms with Gasteiger partial charge in [0, 0.05) is 30.6 Å². The van der Waals surface area contributed by atoms with Gasteiger partial charge in [0.1, 0.15) is 11.5 Å². The number of carbonyl (C=O) groups excluding carboxylic acids is 2. The molecule has 6 nitrogen and oxygen atoms in total. The molecule has 0 unspecified atom stereocenters. The average molecular weight is 392 g/mol. The van der Waals surface area contributed by atoms with Gasteiger partial charge in [-0.25, -0.2) is 0 Å². The number of ether oxygens (including phenoxy) is 2. The highest BCUT2D eigenvalue weighted by molar-refractivity contribution is 6.09. The van der Waals surface area contributed by atoms with Crippen LogP contribution in [0.25, 0.3) is 10.9 Å². The largest absolute Gasteiger partial charge is 0.497 e. The van der Waals surface area contributed by atoms with E-state index >= 15 is 0 Å². The molecule has 6 heteroatoms. The number of pyridine rings is 1. The SMILES string of the molecule is CCCC(=O)c1cnc2ccc(OC)cc2c1Nc1ccc(OC(C)=O)cc1C. The zero-order chi connectivity index (χ0) is 21.0. The first-order valence-corrected chi connectivity index (χ1v) is 9.49. The van der Waals surface area contributed by atoms with Crippen molar-refractivity contribution < 1.29 is 19.1 Å². The van der Waals surface area contributed by atoms with Crippen molar-refractivity contribution in [1.29, 1.82) is 0 Å². The lowest BCUT2D eigenvalue weighted by molar-refractivity contribution is -0.131. The van der Waals surface area contributed by atoms with Gasteiger partial charge in [0.25, 0.3) is 0 Å². The van der Waals surface area contributed by atoms with Crippen molar-refractivity contribution in [2.45, 2.75) is 33.6 Å². The minimum atomic E-state index is -0.371. The summed E-state index contributed by atoms with van der Waals surface area (Å²) in [6, 6.07) is 10.9. The van der Waals surface area contributed by atoms with Crippen LogP contribution in [-0.4, -0.2) is 23.8 Å². The number of methoxy groups -OCH3 is 1. The summed E-state index contributed by atoms with van der Waals surface area (Å²) in [5.74, 6) is 0.819. The van der Waals surface area contributed by atoms with E-state index in [1.807, 2.05) is 38.1 Å². The molecule has 1 aromatic heterocycles. The fourth-order valence-corrected chi connectivity index (χ4v) is 3.15. The normalized spacial score (nSPS) is 10.6. The molecule has 0 bridgehead atoms. The Balaban J connectivity index is 2.11. The van der Waals surface area contributed by atoms with Crippen LogP contribution >= 0.6 is 0 Å². The van der Waals surface area contributed by atoms with Crippen molar-refractivity contribution in [2.24, 2.45) is 0 Å². The van der Waals surface area contributed by atoms with E-state index in [9.17, 15) is 9.59 Å². The Morgan fingerprint density at radius 1 is 1.10 bits per heavy atom. The Morgan fingerprint density at radius 3 is 2.52 bits per heavy atom. The summed E-state index contributed by atoms with van der Waals surface area (Å²) in [6.45, 7) is 5.25. The molecule has 0 fully saturated rings. The minimum Gasteiger partial charge on any atom is -0.497 e. The number of esters is 1. The van der Waals surface area contributed by atoms with Crippen LogP contribution in [0.4, 0.5) is 11.4 Å². The smallest absolute Gasteiger partial charge is 0.308 e. The van der Waals surface area contributed by atoms with Gasteiger partial charge in [0.05, 0.1) is 23.9 Å². The van der Waals surface area contributed by atoms with E-state index in [2.05, 4.69) is 10.3 Å². The Kier molecular flexibility index (Phi) is 6.12. The van der Waals surface area contributed by atoms with Gasteiger partial charge in [-0.05, 0) is 55.3 Å². The highest BCUT2D eigenvalue weighted by Crippen LogP contribution is 2.34. The van der Waals surface area contributed by atoms with Crippen molar-refractivity contribution >= 4 is 34.0 Å². The molecule has 0 atom stereocenters. The topological polar surface area (TPSA) is 77.5 Å². The first kappa shape index (κ1) is 20.3. The molecule has 0 radical (unpaired) electrons. The van der Waals surface area contributed by atoms with E-state index in [0.717, 1.165) is 28.6 Å². The second kappa shape index (κ2) is 8.73. The van der Waals surface area contributed by atoms with Gasteiger partial charge in [-0.1, -0.05) is 6.92 Å². The zero-order valence-electron chi connectivity index (χ0n) is 17.0. The maximum atomic E-state index is 12.7. The zero-order valence-corrected chi connectivity index (χ0v) is 17.0. The van der Waals surface area contributed by atoms with E-state index in [1.54, 1.807) is 25.4 Å². The number of rotatable bonds is 7. The average Bonchev–Trinajstić information content (AvgIpc) is 2.69. The van der Waals surface area contributed by atoms with Crippen LogP contribution in [0.15, 0.2) is 42.6 Å². The number of hydrogen-bond donors (Lipinski definition) is 1. The Bertz CT molecular complexity index is 1080. The molecule has 0 aliphatic rings. The molecule has 1 N–H and O–H groups in total. The summed E-state index contributed by atoms with van der Waals surface area (Å²) in [5.41, 5.74) is 3.68. The maximum absolute atomic E-state index is 12.7. The predicted octanol–water partition coefficient (Wildman–Crippen LogP) is 5.20. The summed E-state index contributed by atoms with van der Waals surface area (Å²) in [7, 11) is 1.60. The lowest BCUT2D eigenvalue weighted by Crippen LogP contribution is -2.07. The van der Waals surface area contributed by atoms with Gasteiger partial charge >= 0.3 is 5.97 Å². The number of ketones is 1. The summed E-state index contributed by atoms with van der Waals surface area (Å²) in [4.78, 5) is 28.4. The van der Waals surface area contributed by atoms with Gasteiger partial charge in [0.2, 0.25) is 0 Å². The summed E-state index contributed by atoms with van der Waals surface area (Å²) < 4.78 is 10.5. The maximum Gasteiger partial charge on any atom is 0.308 e. The molecule has 3 aromatic rings. The number of carbonyl (C=O) groups is 2. The number of benzene rings is 2. The van der Waals surface area contributed by atoms with Crippen molar-refractivity contribution in [1.82, 2.24) is 4.98 Å². The van der Waals surface area contributed by atoms with E-state index in [4.69, 9.17) is 9.47 Å². The van der Waals surface area contributed by atoms with Gasteiger partial charge in [-0.15, -0.1) is 0 Å². The fraction of sp³-hybridized carbons (Fsp3) is 0.261. The van der Waals surface area contributed by atoms with Crippen LogP contribution in [-0.2, 0) is 4.79 Å². The highest BCUT2D eigenvalue weighted by atomic mass is 16.5. The third-order valence-electron chi connectivity index (χ3n) is 4.57. The van der Waals surface area contributed by atoms with Crippen LogP contribution < -0.4 is 14.8 Å². The molecule has 150 valence electrons. The Hall–Kier alpha value is -3.41. The Labute approximate surface area is 169 Å². The van der Waals surface area contributed by atoms with Crippen LogP contribution in [0.5, 0.6) is 11.5 Å². The van der Waals surface area contributed by atoms with Crippen LogP contribution in [0.2, 0.25) is 0 Å². The Morgan fingerprint density at radius 2 is 1.86 bits per heavy atom. The number of aromatic nitrogens is 1. The fourth-order valence-electron chi connectivity index (χ4n) is 3.15. The molecule has 1 heterocycles. The number of anilines is 2. The lowest BCUT2D eigenvalue weighted by Gasteiger charge is -2.17. The monoisotopic (exact) mass is 392 g/mol. The minimum absolute atomic E-state index is 0.0291. The van der Waals surface area contributed by atoms with Gasteiger partial charge in [0.15, 0.2) is 5.78 Å². The first-order chi connectivity index (χ1) is 13.9. The van der Waals surface area contributed by atoms with Crippen LogP contribution in [0.1, 0.15) is 42.6 Å². The molecule has 0 saturated heterocycles. The molecular formula is C23H24N2O4. The van der Waals surface area contributed by atoms with Crippen molar-refractivity contribution in [3.63, 3.8) is 0 Å². The molecule has 0 amide bonds. The molecule has 0 aliphatic carbocycles.